The van der Waals surface area contributed by atoms with Crippen molar-refractivity contribution in [2.24, 2.45) is 5.92 Å². The molecule has 1 saturated heterocycles. The lowest BCUT2D eigenvalue weighted by Gasteiger charge is -2.49. The van der Waals surface area contributed by atoms with Crippen LogP contribution in [0.3, 0.4) is 0 Å². The summed E-state index contributed by atoms with van der Waals surface area (Å²) in [5, 5.41) is 18.4. The topological polar surface area (TPSA) is 70.0 Å². The lowest BCUT2D eigenvalue weighted by molar-refractivity contribution is -0.00586. The molecular weight excluding hydrogens is 221 g/mol. The second kappa shape index (κ2) is 3.88. The number of ether oxygens (including phenoxy) is 1. The molecule has 0 aromatic rings. The van der Waals surface area contributed by atoms with E-state index in [1.165, 1.54) is 0 Å². The van der Waals surface area contributed by atoms with Crippen molar-refractivity contribution in [3.63, 3.8) is 0 Å². The maximum atomic E-state index is 11.7. The summed E-state index contributed by atoms with van der Waals surface area (Å²) in [6.45, 7) is 6.24. The van der Waals surface area contributed by atoms with Crippen molar-refractivity contribution < 1.29 is 19.6 Å². The molecule has 2 aliphatic rings. The molecular formula is C11H20BNO4. The molecule has 6 heteroatoms. The van der Waals surface area contributed by atoms with Gasteiger partial charge in [-0.05, 0) is 39.5 Å². The molecule has 2 fully saturated rings. The standard InChI is InChI=1S/C11H20BNO4/c1-10(2,3)17-9(14)13-6-11(7-13,12(15)16)8-4-5-8/h8,15-16H,4-7H2,1-3H3. The Labute approximate surface area is 102 Å². The van der Waals surface area contributed by atoms with Crippen LogP contribution in [0.15, 0.2) is 0 Å². The van der Waals surface area contributed by atoms with Crippen molar-refractivity contribution in [3.8, 4) is 0 Å². The third-order valence-corrected chi connectivity index (χ3v) is 3.53. The third kappa shape index (κ3) is 2.42. The zero-order valence-corrected chi connectivity index (χ0v) is 10.6. The first-order valence-corrected chi connectivity index (χ1v) is 6.09. The fourth-order valence-electron chi connectivity index (χ4n) is 2.41. The van der Waals surface area contributed by atoms with Crippen LogP contribution in [-0.2, 0) is 4.74 Å². The molecule has 0 atom stereocenters. The van der Waals surface area contributed by atoms with Gasteiger partial charge in [0.25, 0.3) is 0 Å². The van der Waals surface area contributed by atoms with Crippen LogP contribution < -0.4 is 0 Å². The van der Waals surface area contributed by atoms with Gasteiger partial charge in [0.15, 0.2) is 0 Å². The zero-order valence-electron chi connectivity index (χ0n) is 10.6. The molecule has 5 nitrogen and oxygen atoms in total. The average Bonchev–Trinajstić information content (AvgIpc) is 2.80. The Kier molecular flexibility index (Phi) is 2.90. The SMILES string of the molecule is CC(C)(C)OC(=O)N1CC(B(O)O)(C2CC2)C1. The van der Waals surface area contributed by atoms with Crippen LogP contribution in [0.4, 0.5) is 4.79 Å². The first-order chi connectivity index (χ1) is 7.74. The van der Waals surface area contributed by atoms with Crippen molar-refractivity contribution in [2.75, 3.05) is 13.1 Å². The number of amides is 1. The summed E-state index contributed by atoms with van der Waals surface area (Å²) in [5.74, 6) is 0.348. The highest BCUT2D eigenvalue weighted by molar-refractivity contribution is 6.46. The van der Waals surface area contributed by atoms with Gasteiger partial charge in [0.1, 0.15) is 5.60 Å². The average molecular weight is 241 g/mol. The van der Waals surface area contributed by atoms with E-state index in [-0.39, 0.29) is 6.09 Å². The van der Waals surface area contributed by atoms with Gasteiger partial charge in [0, 0.05) is 18.4 Å². The molecule has 1 saturated carbocycles. The highest BCUT2D eigenvalue weighted by atomic mass is 16.6. The minimum atomic E-state index is -1.34. The summed E-state index contributed by atoms with van der Waals surface area (Å²) in [4.78, 5) is 13.3. The summed E-state index contributed by atoms with van der Waals surface area (Å²) in [7, 11) is -1.34. The van der Waals surface area contributed by atoms with Gasteiger partial charge < -0.3 is 19.7 Å². The van der Waals surface area contributed by atoms with Crippen LogP contribution in [0.25, 0.3) is 0 Å². The van der Waals surface area contributed by atoms with Crippen molar-refractivity contribution in [1.29, 1.82) is 0 Å². The molecule has 0 bridgehead atoms. The predicted octanol–water partition coefficient (Wildman–Crippen LogP) is 0.860. The Morgan fingerprint density at radius 1 is 1.35 bits per heavy atom. The molecule has 17 heavy (non-hydrogen) atoms. The van der Waals surface area contributed by atoms with Gasteiger partial charge in [-0.1, -0.05) is 0 Å². The number of nitrogens with zero attached hydrogens (tertiary/aromatic N) is 1. The minimum absolute atomic E-state index is 0.348. The predicted molar refractivity (Wildman–Crippen MR) is 63.4 cm³/mol. The molecule has 1 aliphatic carbocycles. The van der Waals surface area contributed by atoms with Crippen molar-refractivity contribution >= 4 is 13.2 Å². The number of likely N-dealkylation sites (tertiary alicyclic amines) is 1. The second-order valence-electron chi connectivity index (χ2n) is 6.22. The summed E-state index contributed by atoms with van der Waals surface area (Å²) in [6, 6.07) is 0. The van der Waals surface area contributed by atoms with Gasteiger partial charge >= 0.3 is 13.2 Å². The lowest BCUT2D eigenvalue weighted by Crippen LogP contribution is -2.62. The van der Waals surface area contributed by atoms with Gasteiger partial charge in [0.2, 0.25) is 0 Å². The summed E-state index contributed by atoms with van der Waals surface area (Å²) in [6.07, 6.45) is 1.69. The van der Waals surface area contributed by atoms with E-state index in [2.05, 4.69) is 0 Å². The summed E-state index contributed by atoms with van der Waals surface area (Å²) >= 11 is 0. The molecule has 1 heterocycles. The van der Waals surface area contributed by atoms with E-state index in [1.54, 1.807) is 4.90 Å². The number of carbonyl (C=O) groups excluding carboxylic acids is 1. The molecule has 1 amide bonds. The lowest BCUT2D eigenvalue weighted by atomic mass is 9.50. The number of hydrogen-bond donors (Lipinski definition) is 2. The number of hydrogen-bond acceptors (Lipinski definition) is 4. The molecule has 96 valence electrons. The van der Waals surface area contributed by atoms with E-state index < -0.39 is 18.0 Å². The number of carbonyl (C=O) groups is 1. The van der Waals surface area contributed by atoms with Gasteiger partial charge in [0.05, 0.1) is 0 Å². The quantitative estimate of drug-likeness (QED) is 0.703. The van der Waals surface area contributed by atoms with E-state index in [4.69, 9.17) is 4.74 Å². The highest BCUT2D eigenvalue weighted by Crippen LogP contribution is 2.57. The Morgan fingerprint density at radius 2 is 1.88 bits per heavy atom. The summed E-state index contributed by atoms with van der Waals surface area (Å²) in [5.41, 5.74) is -0.507. The normalized spacial score (nSPS) is 23.0. The Balaban J connectivity index is 1.90. The minimum Gasteiger partial charge on any atom is -0.444 e. The van der Waals surface area contributed by atoms with E-state index in [9.17, 15) is 14.8 Å². The zero-order chi connectivity index (χ0) is 12.8. The molecule has 1 aliphatic heterocycles. The Hall–Kier alpha value is -0.745. The molecule has 0 spiro atoms. The highest BCUT2D eigenvalue weighted by Gasteiger charge is 2.61. The maximum absolute atomic E-state index is 11.7. The maximum Gasteiger partial charge on any atom is 0.462 e. The molecule has 2 N–H and O–H groups in total. The van der Waals surface area contributed by atoms with Gasteiger partial charge in [-0.15, -0.1) is 0 Å². The van der Waals surface area contributed by atoms with E-state index in [0.29, 0.717) is 19.0 Å². The molecule has 2 rings (SSSR count). The van der Waals surface area contributed by atoms with E-state index >= 15 is 0 Å². The van der Waals surface area contributed by atoms with Gasteiger partial charge in [-0.25, -0.2) is 4.79 Å². The second-order valence-corrected chi connectivity index (χ2v) is 6.22. The molecule has 0 aromatic heterocycles. The van der Waals surface area contributed by atoms with Crippen LogP contribution in [0, 0.1) is 5.92 Å². The van der Waals surface area contributed by atoms with Crippen molar-refractivity contribution in [2.45, 2.75) is 44.5 Å². The van der Waals surface area contributed by atoms with Crippen LogP contribution in [0.2, 0.25) is 5.31 Å². The largest absolute Gasteiger partial charge is 0.462 e. The molecule has 0 radical (unpaired) electrons. The Bertz CT molecular complexity index is 312. The van der Waals surface area contributed by atoms with Crippen LogP contribution in [0.1, 0.15) is 33.6 Å². The monoisotopic (exact) mass is 241 g/mol. The van der Waals surface area contributed by atoms with E-state index in [1.807, 2.05) is 20.8 Å². The van der Waals surface area contributed by atoms with Gasteiger partial charge in [-0.2, -0.15) is 0 Å². The first kappa shape index (κ1) is 12.7. The third-order valence-electron chi connectivity index (χ3n) is 3.53. The van der Waals surface area contributed by atoms with Crippen molar-refractivity contribution in [3.05, 3.63) is 0 Å². The van der Waals surface area contributed by atoms with Crippen LogP contribution >= 0.6 is 0 Å². The van der Waals surface area contributed by atoms with Crippen LogP contribution in [0.5, 0.6) is 0 Å². The fourth-order valence-corrected chi connectivity index (χ4v) is 2.41. The van der Waals surface area contributed by atoms with E-state index in [0.717, 1.165) is 12.8 Å². The number of rotatable bonds is 2. The molecule has 0 aromatic carbocycles. The molecule has 0 unspecified atom stereocenters. The fraction of sp³-hybridized carbons (Fsp3) is 0.909. The first-order valence-electron chi connectivity index (χ1n) is 6.09. The smallest absolute Gasteiger partial charge is 0.444 e. The van der Waals surface area contributed by atoms with Gasteiger partial charge in [-0.3, -0.25) is 0 Å². The van der Waals surface area contributed by atoms with Crippen molar-refractivity contribution in [1.82, 2.24) is 4.90 Å². The van der Waals surface area contributed by atoms with Crippen LogP contribution in [-0.4, -0.2) is 46.9 Å². The Morgan fingerprint density at radius 3 is 2.24 bits per heavy atom. The summed E-state index contributed by atoms with van der Waals surface area (Å²) < 4.78 is 5.24.